The molecule has 1 heterocycles. The number of benzene rings is 1. The van der Waals surface area contributed by atoms with E-state index in [9.17, 15) is 0 Å². The summed E-state index contributed by atoms with van der Waals surface area (Å²) >= 11 is 8.93. The van der Waals surface area contributed by atoms with Crippen LogP contribution in [0.3, 0.4) is 0 Å². The van der Waals surface area contributed by atoms with Crippen molar-refractivity contribution < 1.29 is 9.15 Å². The molecule has 1 aromatic heterocycles. The average Bonchev–Trinajstić information content (AvgIpc) is 2.65. The third-order valence-corrected chi connectivity index (χ3v) is 2.44. The fourth-order valence-electron chi connectivity index (χ4n) is 1.03. The van der Waals surface area contributed by atoms with E-state index in [4.69, 9.17) is 20.8 Å². The molecule has 1 aromatic carbocycles. The quantitative estimate of drug-likeness (QED) is 0.802. The first-order valence-electron chi connectivity index (χ1n) is 4.22. The van der Waals surface area contributed by atoms with E-state index < -0.39 is 0 Å². The lowest BCUT2D eigenvalue weighted by molar-refractivity contribution is 0.330. The molecule has 0 saturated carbocycles. The highest BCUT2D eigenvalue weighted by Crippen LogP contribution is 2.23. The second-order valence-corrected chi connectivity index (χ2v) is 3.98. The minimum absolute atomic E-state index is 0.198. The summed E-state index contributed by atoms with van der Waals surface area (Å²) in [5.74, 6) is 0.970. The van der Waals surface area contributed by atoms with E-state index in [1.807, 2.05) is 24.3 Å². The molecular weight excluding hydrogens is 281 g/mol. The normalized spacial score (nSPS) is 10.3. The summed E-state index contributed by atoms with van der Waals surface area (Å²) in [4.78, 5) is 4.02. The number of halogens is 2. The Hall–Kier alpha value is -1.00. The van der Waals surface area contributed by atoms with Crippen LogP contribution in [-0.2, 0) is 5.88 Å². The minimum Gasteiger partial charge on any atom is -0.417 e. The molecule has 3 nitrogen and oxygen atoms in total. The number of ether oxygens (including phenoxy) is 1. The third kappa shape index (κ3) is 2.73. The zero-order chi connectivity index (χ0) is 10.7. The van der Waals surface area contributed by atoms with Crippen molar-refractivity contribution in [3.8, 4) is 11.8 Å². The first-order chi connectivity index (χ1) is 7.28. The summed E-state index contributed by atoms with van der Waals surface area (Å²) in [7, 11) is 0. The predicted molar refractivity (Wildman–Crippen MR) is 60.3 cm³/mol. The van der Waals surface area contributed by atoms with Gasteiger partial charge in [0, 0.05) is 4.47 Å². The first-order valence-corrected chi connectivity index (χ1v) is 5.54. The third-order valence-electron chi connectivity index (χ3n) is 1.67. The van der Waals surface area contributed by atoms with Crippen molar-refractivity contribution in [1.29, 1.82) is 0 Å². The molecule has 0 fully saturated rings. The van der Waals surface area contributed by atoms with Crippen molar-refractivity contribution in [3.63, 3.8) is 0 Å². The largest absolute Gasteiger partial charge is 0.417 e. The van der Waals surface area contributed by atoms with Gasteiger partial charge in [-0.3, -0.25) is 0 Å². The number of rotatable bonds is 3. The van der Waals surface area contributed by atoms with E-state index in [0.29, 0.717) is 17.3 Å². The molecule has 0 unspecified atom stereocenters. The lowest BCUT2D eigenvalue weighted by Crippen LogP contribution is -1.84. The van der Waals surface area contributed by atoms with Gasteiger partial charge in [-0.1, -0.05) is 22.0 Å². The van der Waals surface area contributed by atoms with Crippen molar-refractivity contribution in [2.75, 3.05) is 0 Å². The Kier molecular flexibility index (Phi) is 3.28. The number of alkyl halides is 1. The summed E-state index contributed by atoms with van der Waals surface area (Å²) in [5, 5.41) is 0. The van der Waals surface area contributed by atoms with Gasteiger partial charge < -0.3 is 9.15 Å². The lowest BCUT2D eigenvalue weighted by atomic mass is 10.3. The van der Waals surface area contributed by atoms with Gasteiger partial charge >= 0.3 is 6.08 Å². The maximum absolute atomic E-state index is 5.58. The van der Waals surface area contributed by atoms with Crippen LogP contribution in [0.2, 0.25) is 0 Å². The number of aromatic nitrogens is 1. The average molecular weight is 289 g/mol. The lowest BCUT2D eigenvalue weighted by Gasteiger charge is -1.99. The van der Waals surface area contributed by atoms with Crippen molar-refractivity contribution >= 4 is 27.5 Å². The van der Waals surface area contributed by atoms with Crippen LogP contribution in [0.25, 0.3) is 0 Å². The molecule has 0 bridgehead atoms. The van der Waals surface area contributed by atoms with Gasteiger partial charge in [0.05, 0.1) is 11.6 Å². The molecule has 0 N–H and O–H groups in total. The van der Waals surface area contributed by atoms with E-state index >= 15 is 0 Å². The molecule has 0 amide bonds. The molecule has 0 aliphatic carbocycles. The van der Waals surface area contributed by atoms with Gasteiger partial charge in [0.25, 0.3) is 0 Å². The zero-order valence-electron chi connectivity index (χ0n) is 7.61. The molecule has 0 aliphatic heterocycles. The standard InChI is InChI=1S/C10H7BrClNO2/c11-7-2-1-3-9(4-7)15-10-13-8(5-12)6-14-10/h1-4,6H,5H2. The summed E-state index contributed by atoms with van der Waals surface area (Å²) in [6, 6.07) is 7.41. The van der Waals surface area contributed by atoms with Gasteiger partial charge in [-0.2, -0.15) is 4.98 Å². The molecule has 0 aliphatic rings. The second kappa shape index (κ2) is 4.68. The molecule has 5 heteroatoms. The summed E-state index contributed by atoms with van der Waals surface area (Å²) in [6.45, 7) is 0. The van der Waals surface area contributed by atoms with Gasteiger partial charge in [-0.05, 0) is 18.2 Å². The molecule has 15 heavy (non-hydrogen) atoms. The number of nitrogens with zero attached hydrogens (tertiary/aromatic N) is 1. The van der Waals surface area contributed by atoms with Crippen LogP contribution in [0.1, 0.15) is 5.69 Å². The smallest absolute Gasteiger partial charge is 0.399 e. The fraction of sp³-hybridized carbons (Fsp3) is 0.100. The molecule has 2 aromatic rings. The van der Waals surface area contributed by atoms with Crippen LogP contribution >= 0.6 is 27.5 Å². The van der Waals surface area contributed by atoms with E-state index in [0.717, 1.165) is 4.47 Å². The molecule has 0 spiro atoms. The van der Waals surface area contributed by atoms with E-state index in [-0.39, 0.29) is 6.08 Å². The van der Waals surface area contributed by atoms with Crippen LogP contribution in [0.4, 0.5) is 0 Å². The Bertz CT molecular complexity index is 458. The maximum Gasteiger partial charge on any atom is 0.399 e. The van der Waals surface area contributed by atoms with Gasteiger partial charge in [0.1, 0.15) is 12.0 Å². The van der Waals surface area contributed by atoms with Gasteiger partial charge in [-0.15, -0.1) is 11.6 Å². The van der Waals surface area contributed by atoms with Gasteiger partial charge in [0.2, 0.25) is 0 Å². The summed E-state index contributed by atoms with van der Waals surface area (Å²) < 4.78 is 11.4. The predicted octanol–water partition coefficient (Wildman–Crippen LogP) is 3.97. The molecule has 0 atom stereocenters. The zero-order valence-corrected chi connectivity index (χ0v) is 9.96. The molecule has 78 valence electrons. The Labute approximate surface area is 100 Å². The van der Waals surface area contributed by atoms with Crippen LogP contribution in [0.15, 0.2) is 39.4 Å². The number of hydrogen-bond acceptors (Lipinski definition) is 3. The fourth-order valence-corrected chi connectivity index (χ4v) is 1.53. The molecule has 0 saturated heterocycles. The van der Waals surface area contributed by atoms with Crippen molar-refractivity contribution in [1.82, 2.24) is 4.98 Å². The van der Waals surface area contributed by atoms with Crippen LogP contribution in [-0.4, -0.2) is 4.98 Å². The van der Waals surface area contributed by atoms with Crippen molar-refractivity contribution in [2.45, 2.75) is 5.88 Å². The monoisotopic (exact) mass is 287 g/mol. The highest BCUT2D eigenvalue weighted by molar-refractivity contribution is 9.10. The van der Waals surface area contributed by atoms with Gasteiger partial charge in [-0.25, -0.2) is 0 Å². The molecule has 0 radical (unpaired) electrons. The Morgan fingerprint density at radius 3 is 3.00 bits per heavy atom. The second-order valence-electron chi connectivity index (χ2n) is 2.80. The highest BCUT2D eigenvalue weighted by atomic mass is 79.9. The van der Waals surface area contributed by atoms with E-state index in [1.165, 1.54) is 6.26 Å². The van der Waals surface area contributed by atoms with E-state index in [2.05, 4.69) is 20.9 Å². The number of oxazole rings is 1. The van der Waals surface area contributed by atoms with Gasteiger partial charge in [0.15, 0.2) is 0 Å². The maximum atomic E-state index is 5.58. The molecular formula is C10H7BrClNO2. The van der Waals surface area contributed by atoms with E-state index in [1.54, 1.807) is 0 Å². The minimum atomic E-state index is 0.198. The summed E-state index contributed by atoms with van der Waals surface area (Å²) in [6.07, 6.45) is 1.67. The highest BCUT2D eigenvalue weighted by Gasteiger charge is 2.05. The van der Waals surface area contributed by atoms with Crippen LogP contribution < -0.4 is 4.74 Å². The molecule has 2 rings (SSSR count). The topological polar surface area (TPSA) is 35.3 Å². The van der Waals surface area contributed by atoms with Crippen molar-refractivity contribution in [2.24, 2.45) is 0 Å². The van der Waals surface area contributed by atoms with Crippen LogP contribution in [0.5, 0.6) is 11.8 Å². The SMILES string of the molecule is ClCc1coc(Oc2cccc(Br)c2)n1. The Morgan fingerprint density at radius 1 is 1.47 bits per heavy atom. The Balaban J connectivity index is 2.14. The van der Waals surface area contributed by atoms with Crippen molar-refractivity contribution in [3.05, 3.63) is 40.7 Å². The Morgan fingerprint density at radius 2 is 2.33 bits per heavy atom. The number of hydrogen-bond donors (Lipinski definition) is 0. The van der Waals surface area contributed by atoms with Crippen LogP contribution in [0, 0.1) is 0 Å². The first kappa shape index (κ1) is 10.5. The summed E-state index contributed by atoms with van der Waals surface area (Å²) in [5.41, 5.74) is 0.654.